The highest BCUT2D eigenvalue weighted by Gasteiger charge is 2.31. The van der Waals surface area contributed by atoms with E-state index in [0.29, 0.717) is 0 Å². The molecule has 0 amide bonds. The lowest BCUT2D eigenvalue weighted by molar-refractivity contribution is -0.274. The first kappa shape index (κ1) is 18.5. The molecule has 0 saturated heterocycles. The molecule has 0 aromatic heterocycles. The minimum absolute atomic E-state index is 0.0343. The highest BCUT2D eigenvalue weighted by Crippen LogP contribution is 2.32. The molecular formula is C13H14ClF3O5. The van der Waals surface area contributed by atoms with Crippen LogP contribution < -0.4 is 4.74 Å². The van der Waals surface area contributed by atoms with E-state index in [0.717, 1.165) is 18.2 Å². The van der Waals surface area contributed by atoms with Crippen LogP contribution in [0, 0.1) is 0 Å². The average Bonchev–Trinajstić information content (AvgIpc) is 2.36. The van der Waals surface area contributed by atoms with Crippen LogP contribution in [0.5, 0.6) is 5.75 Å². The third-order valence-electron chi connectivity index (χ3n) is 2.57. The summed E-state index contributed by atoms with van der Waals surface area (Å²) >= 11 is 5.76. The fourth-order valence-corrected chi connectivity index (χ4v) is 1.94. The zero-order valence-corrected chi connectivity index (χ0v) is 12.2. The highest BCUT2D eigenvalue weighted by atomic mass is 35.5. The summed E-state index contributed by atoms with van der Waals surface area (Å²) in [6.07, 6.45) is -8.42. The fourth-order valence-electron chi connectivity index (χ4n) is 1.65. The minimum Gasteiger partial charge on any atom is -0.466 e. The topological polar surface area (TPSA) is 76.0 Å². The molecule has 0 heterocycles. The number of alkyl halides is 3. The van der Waals surface area contributed by atoms with Crippen molar-refractivity contribution in [2.45, 2.75) is 31.9 Å². The number of aliphatic hydroxyl groups is 2. The number of benzene rings is 1. The Morgan fingerprint density at radius 3 is 2.50 bits per heavy atom. The fraction of sp³-hybridized carbons (Fsp3) is 0.462. The lowest BCUT2D eigenvalue weighted by atomic mass is 10.0. The highest BCUT2D eigenvalue weighted by molar-refractivity contribution is 6.31. The van der Waals surface area contributed by atoms with Crippen molar-refractivity contribution >= 4 is 17.6 Å². The third kappa shape index (κ3) is 5.70. The second kappa shape index (κ2) is 7.66. The van der Waals surface area contributed by atoms with Crippen molar-refractivity contribution in [3.05, 3.63) is 28.8 Å². The monoisotopic (exact) mass is 342 g/mol. The molecule has 1 aromatic rings. The first-order valence-electron chi connectivity index (χ1n) is 6.21. The maximum absolute atomic E-state index is 12.1. The molecule has 0 aliphatic rings. The van der Waals surface area contributed by atoms with Crippen LogP contribution in [0.4, 0.5) is 13.2 Å². The summed E-state index contributed by atoms with van der Waals surface area (Å²) in [4.78, 5) is 11.2. The standard InChI is InChI=1S/C13H14ClF3O5/c1-2-21-11(19)6-10(18)12(20)8-4-3-7(5-9(8)14)22-13(15,16)17/h3-5,10,12,18,20H,2,6H2,1H3. The van der Waals surface area contributed by atoms with Crippen molar-refractivity contribution < 1.29 is 37.7 Å². The number of aliphatic hydroxyl groups excluding tert-OH is 2. The van der Waals surface area contributed by atoms with Crippen LogP contribution in [0.2, 0.25) is 5.02 Å². The van der Waals surface area contributed by atoms with E-state index < -0.39 is 36.7 Å². The molecule has 0 saturated carbocycles. The Morgan fingerprint density at radius 1 is 1.36 bits per heavy atom. The summed E-state index contributed by atoms with van der Waals surface area (Å²) in [5.41, 5.74) is -0.0343. The predicted octanol–water partition coefficient (Wildman–Crippen LogP) is 2.59. The molecule has 1 aromatic carbocycles. The van der Waals surface area contributed by atoms with Crippen LogP contribution in [-0.2, 0) is 9.53 Å². The number of halogens is 4. The lowest BCUT2D eigenvalue weighted by Gasteiger charge is -2.19. The van der Waals surface area contributed by atoms with Gasteiger partial charge in [0.1, 0.15) is 11.9 Å². The van der Waals surface area contributed by atoms with Crippen molar-refractivity contribution in [1.82, 2.24) is 0 Å². The lowest BCUT2D eigenvalue weighted by Crippen LogP contribution is -2.23. The minimum atomic E-state index is -4.87. The Labute approximate surface area is 129 Å². The molecule has 1 rings (SSSR count). The van der Waals surface area contributed by atoms with E-state index in [-0.39, 0.29) is 17.2 Å². The van der Waals surface area contributed by atoms with Gasteiger partial charge in [-0.2, -0.15) is 0 Å². The summed E-state index contributed by atoms with van der Waals surface area (Å²) in [7, 11) is 0. The van der Waals surface area contributed by atoms with E-state index in [1.165, 1.54) is 0 Å². The zero-order chi connectivity index (χ0) is 16.9. The van der Waals surface area contributed by atoms with Gasteiger partial charge in [0.15, 0.2) is 0 Å². The number of rotatable bonds is 6. The molecule has 22 heavy (non-hydrogen) atoms. The normalized spacial score (nSPS) is 14.3. The predicted molar refractivity (Wildman–Crippen MR) is 70.4 cm³/mol. The second-order valence-corrected chi connectivity index (χ2v) is 4.66. The first-order valence-corrected chi connectivity index (χ1v) is 6.58. The molecule has 2 atom stereocenters. The molecule has 0 aliphatic heterocycles. The van der Waals surface area contributed by atoms with Gasteiger partial charge in [-0.15, -0.1) is 13.2 Å². The molecule has 0 aliphatic carbocycles. The summed E-state index contributed by atoms with van der Waals surface area (Å²) in [6.45, 7) is 1.70. The van der Waals surface area contributed by atoms with E-state index in [1.54, 1.807) is 6.92 Å². The molecule has 5 nitrogen and oxygen atoms in total. The van der Waals surface area contributed by atoms with Gasteiger partial charge >= 0.3 is 12.3 Å². The van der Waals surface area contributed by atoms with Crippen molar-refractivity contribution in [1.29, 1.82) is 0 Å². The van der Waals surface area contributed by atoms with Crippen molar-refractivity contribution in [2.24, 2.45) is 0 Å². The van der Waals surface area contributed by atoms with Crippen molar-refractivity contribution in [2.75, 3.05) is 6.61 Å². The third-order valence-corrected chi connectivity index (χ3v) is 2.90. The summed E-state index contributed by atoms with van der Waals surface area (Å²) in [6, 6.07) is 2.86. The first-order chi connectivity index (χ1) is 10.1. The Kier molecular flexibility index (Phi) is 6.46. The molecule has 2 N–H and O–H groups in total. The van der Waals surface area contributed by atoms with Crippen LogP contribution in [0.15, 0.2) is 18.2 Å². The Morgan fingerprint density at radius 2 is 2.00 bits per heavy atom. The Hall–Kier alpha value is -1.51. The zero-order valence-electron chi connectivity index (χ0n) is 11.4. The van der Waals surface area contributed by atoms with E-state index in [4.69, 9.17) is 11.6 Å². The molecule has 124 valence electrons. The summed E-state index contributed by atoms with van der Waals surface area (Å²) < 4.78 is 44.5. The van der Waals surface area contributed by atoms with Gasteiger partial charge in [-0.3, -0.25) is 4.79 Å². The van der Waals surface area contributed by atoms with E-state index in [1.807, 2.05) is 0 Å². The largest absolute Gasteiger partial charge is 0.573 e. The van der Waals surface area contributed by atoms with Gasteiger partial charge in [-0.05, 0) is 19.1 Å². The SMILES string of the molecule is CCOC(=O)CC(O)C(O)c1ccc(OC(F)(F)F)cc1Cl. The molecule has 9 heteroatoms. The van der Waals surface area contributed by atoms with E-state index in [2.05, 4.69) is 9.47 Å². The number of esters is 1. The molecule has 2 unspecified atom stereocenters. The van der Waals surface area contributed by atoms with Gasteiger partial charge in [0, 0.05) is 5.56 Å². The van der Waals surface area contributed by atoms with Gasteiger partial charge in [0.05, 0.1) is 24.2 Å². The maximum atomic E-state index is 12.1. The van der Waals surface area contributed by atoms with Gasteiger partial charge in [-0.1, -0.05) is 17.7 Å². The van der Waals surface area contributed by atoms with E-state index >= 15 is 0 Å². The van der Waals surface area contributed by atoms with Crippen LogP contribution >= 0.6 is 11.6 Å². The average molecular weight is 343 g/mol. The van der Waals surface area contributed by atoms with Crippen molar-refractivity contribution in [3.63, 3.8) is 0 Å². The summed E-state index contributed by atoms with van der Waals surface area (Å²) in [5, 5.41) is 19.4. The number of hydrogen-bond donors (Lipinski definition) is 2. The van der Waals surface area contributed by atoms with Crippen molar-refractivity contribution in [3.8, 4) is 5.75 Å². The summed E-state index contributed by atoms with van der Waals surface area (Å²) in [5.74, 6) is -1.28. The van der Waals surface area contributed by atoms with Crippen LogP contribution in [0.3, 0.4) is 0 Å². The smallest absolute Gasteiger partial charge is 0.466 e. The van der Waals surface area contributed by atoms with E-state index in [9.17, 15) is 28.2 Å². The number of carbonyl (C=O) groups excluding carboxylic acids is 1. The maximum Gasteiger partial charge on any atom is 0.573 e. The van der Waals surface area contributed by atoms with Crippen LogP contribution in [0.25, 0.3) is 0 Å². The Balaban J connectivity index is 2.81. The Bertz CT molecular complexity index is 521. The molecule has 0 radical (unpaired) electrons. The molecular weight excluding hydrogens is 329 g/mol. The van der Waals surface area contributed by atoms with Gasteiger partial charge in [0.2, 0.25) is 0 Å². The number of carbonyl (C=O) groups is 1. The molecule has 0 fully saturated rings. The number of hydrogen-bond acceptors (Lipinski definition) is 5. The van der Waals surface area contributed by atoms with Crippen LogP contribution in [-0.4, -0.2) is 35.3 Å². The molecule has 0 spiro atoms. The van der Waals surface area contributed by atoms with Gasteiger partial charge in [-0.25, -0.2) is 0 Å². The quantitative estimate of drug-likeness (QED) is 0.777. The number of ether oxygens (including phenoxy) is 2. The molecule has 0 bridgehead atoms. The van der Waals surface area contributed by atoms with Gasteiger partial charge < -0.3 is 19.7 Å². The second-order valence-electron chi connectivity index (χ2n) is 4.25. The van der Waals surface area contributed by atoms with Gasteiger partial charge in [0.25, 0.3) is 0 Å². The van der Waals surface area contributed by atoms with Crippen LogP contribution in [0.1, 0.15) is 25.0 Å².